The second kappa shape index (κ2) is 10.2. The fraction of sp³-hybridized carbons (Fsp3) is 0.423. The Morgan fingerprint density at radius 1 is 1.11 bits per heavy atom. The molecular formula is C26H30N6O3. The summed E-state index contributed by atoms with van der Waals surface area (Å²) < 4.78 is 14.3. The van der Waals surface area contributed by atoms with Gasteiger partial charge in [-0.1, -0.05) is 49.6 Å². The van der Waals surface area contributed by atoms with E-state index in [9.17, 15) is 4.79 Å². The summed E-state index contributed by atoms with van der Waals surface area (Å²) in [6.07, 6.45) is 9.92. The summed E-state index contributed by atoms with van der Waals surface area (Å²) in [7, 11) is 1.60. The van der Waals surface area contributed by atoms with Gasteiger partial charge in [-0.2, -0.15) is 15.2 Å². The molecule has 9 nitrogen and oxygen atoms in total. The van der Waals surface area contributed by atoms with Gasteiger partial charge in [-0.05, 0) is 31.2 Å². The molecule has 0 spiro atoms. The summed E-state index contributed by atoms with van der Waals surface area (Å²) in [5, 5.41) is 9.30. The van der Waals surface area contributed by atoms with Gasteiger partial charge in [-0.25, -0.2) is 14.5 Å². The molecule has 0 amide bonds. The van der Waals surface area contributed by atoms with Crippen LogP contribution < -0.4 is 4.74 Å². The summed E-state index contributed by atoms with van der Waals surface area (Å²) >= 11 is 0. The zero-order valence-corrected chi connectivity index (χ0v) is 20.2. The van der Waals surface area contributed by atoms with E-state index < -0.39 is 5.97 Å². The quantitative estimate of drug-likeness (QED) is 0.350. The molecular weight excluding hydrogens is 444 g/mol. The number of aromatic nitrogens is 6. The van der Waals surface area contributed by atoms with E-state index in [2.05, 4.69) is 22.2 Å². The molecule has 3 heterocycles. The third-order valence-electron chi connectivity index (χ3n) is 6.48. The van der Waals surface area contributed by atoms with E-state index in [0.29, 0.717) is 36.3 Å². The second-order valence-corrected chi connectivity index (χ2v) is 8.92. The van der Waals surface area contributed by atoms with Gasteiger partial charge in [-0.15, -0.1) is 0 Å². The summed E-state index contributed by atoms with van der Waals surface area (Å²) in [6.45, 7) is 2.88. The monoisotopic (exact) mass is 474 g/mol. The molecule has 182 valence electrons. The Bertz CT molecular complexity index is 1310. The average molecular weight is 475 g/mol. The van der Waals surface area contributed by atoms with Crippen LogP contribution in [0.4, 0.5) is 0 Å². The minimum absolute atomic E-state index is 0.295. The largest absolute Gasteiger partial charge is 0.479 e. The number of hydrogen-bond acceptors (Lipinski definition) is 7. The Balaban J connectivity index is 1.59. The van der Waals surface area contributed by atoms with Crippen LogP contribution in [0.25, 0.3) is 17.0 Å². The Hall–Kier alpha value is -3.75. The molecule has 0 bridgehead atoms. The van der Waals surface area contributed by atoms with Crippen LogP contribution >= 0.6 is 0 Å². The fourth-order valence-electron chi connectivity index (χ4n) is 4.75. The van der Waals surface area contributed by atoms with Crippen LogP contribution in [0.3, 0.4) is 0 Å². The predicted octanol–water partition coefficient (Wildman–Crippen LogP) is 4.37. The van der Waals surface area contributed by atoms with Crippen molar-refractivity contribution in [2.24, 2.45) is 5.92 Å². The first kappa shape index (κ1) is 23.0. The minimum atomic E-state index is -0.433. The lowest BCUT2D eigenvalue weighted by Crippen LogP contribution is -2.15. The molecule has 35 heavy (non-hydrogen) atoms. The maximum absolute atomic E-state index is 12.1. The number of rotatable bonds is 8. The van der Waals surface area contributed by atoms with Crippen LogP contribution in [-0.2, 0) is 17.7 Å². The molecule has 3 aromatic heterocycles. The van der Waals surface area contributed by atoms with Crippen molar-refractivity contribution < 1.29 is 14.3 Å². The van der Waals surface area contributed by atoms with Crippen LogP contribution in [0, 0.1) is 5.92 Å². The third kappa shape index (κ3) is 4.89. The average Bonchev–Trinajstić information content (AvgIpc) is 3.51. The summed E-state index contributed by atoms with van der Waals surface area (Å²) in [6, 6.07) is 10.2. The van der Waals surface area contributed by atoms with Gasteiger partial charge < -0.3 is 9.47 Å². The molecule has 5 rings (SSSR count). The first-order valence-corrected chi connectivity index (χ1v) is 12.2. The molecule has 0 atom stereocenters. The van der Waals surface area contributed by atoms with E-state index in [0.717, 1.165) is 28.8 Å². The summed E-state index contributed by atoms with van der Waals surface area (Å²) in [5.41, 5.74) is 3.89. The highest BCUT2D eigenvalue weighted by atomic mass is 16.5. The van der Waals surface area contributed by atoms with Crippen LogP contribution in [-0.4, -0.2) is 49.2 Å². The van der Waals surface area contributed by atoms with E-state index in [1.807, 2.05) is 22.9 Å². The Kier molecular flexibility index (Phi) is 6.74. The van der Waals surface area contributed by atoms with Crippen molar-refractivity contribution >= 4 is 17.0 Å². The molecule has 1 saturated carbocycles. The molecule has 0 N–H and O–H groups in total. The van der Waals surface area contributed by atoms with Gasteiger partial charge in [0.1, 0.15) is 11.0 Å². The molecule has 0 radical (unpaired) electrons. The molecule has 1 aromatic carbocycles. The van der Waals surface area contributed by atoms with E-state index in [1.165, 1.54) is 43.0 Å². The highest BCUT2D eigenvalue weighted by Gasteiger charge is 2.24. The molecule has 1 aliphatic carbocycles. The number of fused-ring (bicyclic) bond motifs is 1. The van der Waals surface area contributed by atoms with Crippen LogP contribution in [0.5, 0.6) is 5.88 Å². The molecule has 1 fully saturated rings. The molecule has 4 aromatic rings. The van der Waals surface area contributed by atoms with E-state index in [4.69, 9.17) is 19.6 Å². The zero-order valence-electron chi connectivity index (χ0n) is 20.2. The van der Waals surface area contributed by atoms with Gasteiger partial charge in [-0.3, -0.25) is 4.68 Å². The second-order valence-electron chi connectivity index (χ2n) is 8.92. The number of esters is 1. The molecule has 0 unspecified atom stereocenters. The number of methoxy groups -OCH3 is 1. The summed E-state index contributed by atoms with van der Waals surface area (Å²) in [4.78, 5) is 21.6. The highest BCUT2D eigenvalue weighted by Crippen LogP contribution is 2.31. The van der Waals surface area contributed by atoms with Gasteiger partial charge >= 0.3 is 5.97 Å². The fourth-order valence-corrected chi connectivity index (χ4v) is 4.75. The molecule has 0 saturated heterocycles. The molecule has 0 aliphatic heterocycles. The van der Waals surface area contributed by atoms with Gasteiger partial charge in [0.05, 0.1) is 31.2 Å². The van der Waals surface area contributed by atoms with Crippen molar-refractivity contribution in [3.63, 3.8) is 0 Å². The molecule has 1 aliphatic rings. The Morgan fingerprint density at radius 2 is 1.91 bits per heavy atom. The van der Waals surface area contributed by atoms with E-state index in [-0.39, 0.29) is 0 Å². The number of nitrogens with zero attached hydrogens (tertiary/aromatic N) is 6. The van der Waals surface area contributed by atoms with E-state index in [1.54, 1.807) is 20.2 Å². The van der Waals surface area contributed by atoms with Crippen LogP contribution in [0.1, 0.15) is 60.6 Å². The van der Waals surface area contributed by atoms with Crippen molar-refractivity contribution in [3.05, 3.63) is 59.5 Å². The maximum Gasteiger partial charge on any atom is 0.341 e. The van der Waals surface area contributed by atoms with Gasteiger partial charge in [0.25, 0.3) is 5.95 Å². The third-order valence-corrected chi connectivity index (χ3v) is 6.48. The highest BCUT2D eigenvalue weighted by molar-refractivity contribution is 5.89. The van der Waals surface area contributed by atoms with Gasteiger partial charge in [0, 0.05) is 19.2 Å². The Morgan fingerprint density at radius 3 is 2.66 bits per heavy atom. The summed E-state index contributed by atoms with van der Waals surface area (Å²) in [5.74, 6) is 0.910. The zero-order chi connectivity index (χ0) is 24.2. The number of benzene rings is 1. The number of ether oxygens (including phenoxy) is 2. The van der Waals surface area contributed by atoms with Crippen molar-refractivity contribution in [1.29, 1.82) is 0 Å². The number of carbonyl (C=O) groups excluding carboxylic acids is 1. The lowest BCUT2D eigenvalue weighted by atomic mass is 9.89. The smallest absolute Gasteiger partial charge is 0.341 e. The van der Waals surface area contributed by atoms with E-state index >= 15 is 0 Å². The van der Waals surface area contributed by atoms with Gasteiger partial charge in [0.15, 0.2) is 0 Å². The van der Waals surface area contributed by atoms with Crippen LogP contribution in [0.2, 0.25) is 0 Å². The maximum atomic E-state index is 12.1. The van der Waals surface area contributed by atoms with Gasteiger partial charge in [0.2, 0.25) is 5.88 Å². The standard InChI is InChI=1S/C26H30N6O3/c1-3-35-25(33)20-15-27-32(17-20)26-28-22-21(14-18-10-6-4-7-11-18)30-31(23(22)24(29-26)34-2)16-19-12-8-5-9-13-19/h4,6-7,10-11,15,17,19H,3,5,8-9,12-14,16H2,1-2H3. The SMILES string of the molecule is CCOC(=O)c1cnn(-c2nc(OC)c3c(n2)c(Cc2ccccc2)nn3CC2CCCCC2)c1. The number of hydrogen-bond donors (Lipinski definition) is 0. The predicted molar refractivity (Wildman–Crippen MR) is 131 cm³/mol. The van der Waals surface area contributed by atoms with Crippen molar-refractivity contribution in [1.82, 2.24) is 29.5 Å². The normalized spacial score (nSPS) is 14.3. The number of carbonyl (C=O) groups is 1. The first-order chi connectivity index (χ1) is 17.2. The van der Waals surface area contributed by atoms with Crippen LogP contribution in [0.15, 0.2) is 42.7 Å². The Labute approximate surface area is 204 Å². The van der Waals surface area contributed by atoms with Crippen molar-refractivity contribution in [2.45, 2.75) is 52.0 Å². The lowest BCUT2D eigenvalue weighted by Gasteiger charge is -2.21. The minimum Gasteiger partial charge on any atom is -0.479 e. The first-order valence-electron chi connectivity index (χ1n) is 12.2. The van der Waals surface area contributed by atoms with Crippen molar-refractivity contribution in [3.8, 4) is 11.8 Å². The lowest BCUT2D eigenvalue weighted by molar-refractivity contribution is 0.0526. The molecule has 9 heteroatoms. The van der Waals surface area contributed by atoms with Crippen molar-refractivity contribution in [2.75, 3.05) is 13.7 Å². The topological polar surface area (TPSA) is 96.9 Å².